The second kappa shape index (κ2) is 20.0. The fourth-order valence-corrected chi connectivity index (χ4v) is 3.99. The Morgan fingerprint density at radius 2 is 1.38 bits per heavy atom. The largest absolute Gasteiger partial charge is 0.494 e. The lowest BCUT2D eigenvalue weighted by Gasteiger charge is -2.25. The molecule has 0 radical (unpaired) electrons. The standard InChI is InChI=1S/C30H47NO4.C2H6/c1-5-6-7-18-30(2,3)27-12-16-29(17-13-27)35-24-23-33-22-19-31(4)25-26-10-14-28(15-11-26)34-21-9-8-20-32;1-2/h10-17,32H,5-9,18-25H2,1-4H3;1-2H3. The first-order valence-electron chi connectivity index (χ1n) is 14.3. The SMILES string of the molecule is CC.CCCCCC(C)(C)c1ccc(OCCOCCN(C)Cc2ccc(OCCCCO)cc2)cc1. The van der Waals surface area contributed by atoms with Crippen molar-refractivity contribution in [1.82, 2.24) is 4.90 Å². The van der Waals surface area contributed by atoms with Crippen LogP contribution in [0.2, 0.25) is 0 Å². The summed E-state index contributed by atoms with van der Waals surface area (Å²) >= 11 is 0. The van der Waals surface area contributed by atoms with Crippen molar-refractivity contribution in [3.63, 3.8) is 0 Å². The number of unbranched alkanes of at least 4 members (excludes halogenated alkanes) is 3. The summed E-state index contributed by atoms with van der Waals surface area (Å²) < 4.78 is 17.3. The van der Waals surface area contributed by atoms with Gasteiger partial charge in [0.25, 0.3) is 0 Å². The van der Waals surface area contributed by atoms with Crippen molar-refractivity contribution in [2.45, 2.75) is 85.1 Å². The minimum Gasteiger partial charge on any atom is -0.494 e. The van der Waals surface area contributed by atoms with Crippen LogP contribution in [0, 0.1) is 0 Å². The van der Waals surface area contributed by atoms with Crippen LogP contribution in [0.3, 0.4) is 0 Å². The smallest absolute Gasteiger partial charge is 0.119 e. The van der Waals surface area contributed by atoms with Gasteiger partial charge in [-0.15, -0.1) is 0 Å². The van der Waals surface area contributed by atoms with Crippen molar-refractivity contribution in [3.8, 4) is 11.5 Å². The monoisotopic (exact) mass is 515 g/mol. The summed E-state index contributed by atoms with van der Waals surface area (Å²) in [6.45, 7) is 15.3. The topological polar surface area (TPSA) is 51.2 Å². The highest BCUT2D eigenvalue weighted by Gasteiger charge is 2.19. The van der Waals surface area contributed by atoms with Crippen LogP contribution in [0.4, 0.5) is 0 Å². The van der Waals surface area contributed by atoms with Crippen LogP contribution in [-0.4, -0.2) is 56.6 Å². The summed E-state index contributed by atoms with van der Waals surface area (Å²) in [6, 6.07) is 16.8. The quantitative estimate of drug-likeness (QED) is 0.200. The summed E-state index contributed by atoms with van der Waals surface area (Å²) in [4.78, 5) is 2.25. The molecule has 0 atom stereocenters. The molecule has 0 spiro atoms. The molecule has 210 valence electrons. The van der Waals surface area contributed by atoms with Gasteiger partial charge in [-0.3, -0.25) is 4.90 Å². The molecule has 0 aromatic heterocycles. The molecule has 2 rings (SSSR count). The van der Waals surface area contributed by atoms with Crippen LogP contribution >= 0.6 is 0 Å². The Kier molecular flexibility index (Phi) is 17.8. The molecule has 0 fully saturated rings. The summed E-state index contributed by atoms with van der Waals surface area (Å²) in [5.74, 6) is 1.78. The summed E-state index contributed by atoms with van der Waals surface area (Å²) in [5.41, 5.74) is 2.83. The highest BCUT2D eigenvalue weighted by molar-refractivity contribution is 5.31. The molecule has 0 heterocycles. The molecule has 0 amide bonds. The van der Waals surface area contributed by atoms with Gasteiger partial charge in [-0.05, 0) is 67.1 Å². The molecule has 0 aliphatic heterocycles. The number of aliphatic hydroxyl groups is 1. The van der Waals surface area contributed by atoms with E-state index in [1.807, 2.05) is 26.0 Å². The third-order valence-electron chi connectivity index (χ3n) is 6.35. The highest BCUT2D eigenvalue weighted by Crippen LogP contribution is 2.30. The van der Waals surface area contributed by atoms with Gasteiger partial charge in [0.05, 0.1) is 19.8 Å². The second-order valence-corrected chi connectivity index (χ2v) is 9.99. The normalized spacial score (nSPS) is 11.2. The van der Waals surface area contributed by atoms with Crippen molar-refractivity contribution >= 4 is 0 Å². The second-order valence-electron chi connectivity index (χ2n) is 9.99. The lowest BCUT2D eigenvalue weighted by atomic mass is 9.80. The number of hydrogen-bond acceptors (Lipinski definition) is 5. The van der Waals surface area contributed by atoms with Crippen LogP contribution < -0.4 is 9.47 Å². The van der Waals surface area contributed by atoms with Gasteiger partial charge >= 0.3 is 0 Å². The van der Waals surface area contributed by atoms with Crippen molar-refractivity contribution in [2.75, 3.05) is 46.6 Å². The molecule has 0 aliphatic rings. The first kappa shape index (κ1) is 32.9. The Balaban J connectivity index is 0.00000334. The first-order chi connectivity index (χ1) is 17.9. The maximum Gasteiger partial charge on any atom is 0.119 e. The zero-order valence-electron chi connectivity index (χ0n) is 24.4. The van der Waals surface area contributed by atoms with Gasteiger partial charge in [0.1, 0.15) is 18.1 Å². The number of aliphatic hydroxyl groups excluding tert-OH is 1. The van der Waals surface area contributed by atoms with E-state index in [0.717, 1.165) is 37.4 Å². The maximum atomic E-state index is 8.82. The molecule has 0 aliphatic carbocycles. The Morgan fingerprint density at radius 1 is 0.757 bits per heavy atom. The lowest BCUT2D eigenvalue weighted by molar-refractivity contribution is 0.0836. The van der Waals surface area contributed by atoms with Crippen molar-refractivity contribution in [1.29, 1.82) is 0 Å². The zero-order chi connectivity index (χ0) is 27.4. The third kappa shape index (κ3) is 14.4. The summed E-state index contributed by atoms with van der Waals surface area (Å²) in [7, 11) is 2.10. The van der Waals surface area contributed by atoms with Crippen molar-refractivity contribution < 1.29 is 19.3 Å². The number of likely N-dealkylation sites (N-methyl/N-ethyl adjacent to an activating group) is 1. The Morgan fingerprint density at radius 3 is 2.00 bits per heavy atom. The molecule has 2 aromatic carbocycles. The van der Waals surface area contributed by atoms with E-state index >= 15 is 0 Å². The van der Waals surface area contributed by atoms with E-state index in [1.54, 1.807) is 0 Å². The molecule has 2 aromatic rings. The molecular weight excluding hydrogens is 462 g/mol. The minimum absolute atomic E-state index is 0.208. The van der Waals surface area contributed by atoms with Crippen LogP contribution in [0.5, 0.6) is 11.5 Å². The summed E-state index contributed by atoms with van der Waals surface area (Å²) in [5, 5.41) is 8.82. The average Bonchev–Trinajstić information content (AvgIpc) is 2.91. The van der Waals surface area contributed by atoms with Crippen LogP contribution in [0.15, 0.2) is 48.5 Å². The molecular formula is C32H53NO4. The minimum atomic E-state index is 0.208. The number of benzene rings is 2. The fourth-order valence-electron chi connectivity index (χ4n) is 3.99. The van der Waals surface area contributed by atoms with Crippen LogP contribution in [0.25, 0.3) is 0 Å². The van der Waals surface area contributed by atoms with E-state index < -0.39 is 0 Å². The van der Waals surface area contributed by atoms with Crippen LogP contribution in [-0.2, 0) is 16.7 Å². The molecule has 0 saturated carbocycles. The van der Waals surface area contributed by atoms with E-state index in [-0.39, 0.29) is 12.0 Å². The summed E-state index contributed by atoms with van der Waals surface area (Å²) in [6.07, 6.45) is 6.71. The predicted octanol–water partition coefficient (Wildman–Crippen LogP) is 7.25. The van der Waals surface area contributed by atoms with Gasteiger partial charge in [-0.2, -0.15) is 0 Å². The van der Waals surface area contributed by atoms with Gasteiger partial charge in [0.2, 0.25) is 0 Å². The molecule has 0 bridgehead atoms. The Hall–Kier alpha value is -2.08. The molecule has 1 N–H and O–H groups in total. The van der Waals surface area contributed by atoms with Gasteiger partial charge in [-0.1, -0.05) is 78.1 Å². The molecule has 37 heavy (non-hydrogen) atoms. The molecule has 0 saturated heterocycles. The van der Waals surface area contributed by atoms with Crippen molar-refractivity contribution in [2.24, 2.45) is 0 Å². The molecule has 5 nitrogen and oxygen atoms in total. The van der Waals surface area contributed by atoms with E-state index in [4.69, 9.17) is 19.3 Å². The lowest BCUT2D eigenvalue weighted by Crippen LogP contribution is -2.23. The Bertz CT molecular complexity index is 789. The number of ether oxygens (including phenoxy) is 3. The highest BCUT2D eigenvalue weighted by atomic mass is 16.5. The van der Waals surface area contributed by atoms with E-state index in [9.17, 15) is 0 Å². The van der Waals surface area contributed by atoms with Gasteiger partial charge in [-0.25, -0.2) is 0 Å². The maximum absolute atomic E-state index is 8.82. The van der Waals surface area contributed by atoms with Crippen molar-refractivity contribution in [3.05, 3.63) is 59.7 Å². The van der Waals surface area contributed by atoms with E-state index in [1.165, 1.54) is 36.8 Å². The molecule has 0 unspecified atom stereocenters. The Labute approximate surface area is 227 Å². The van der Waals surface area contributed by atoms with E-state index in [2.05, 4.69) is 69.1 Å². The van der Waals surface area contributed by atoms with E-state index in [0.29, 0.717) is 26.4 Å². The number of rotatable bonds is 19. The van der Waals surface area contributed by atoms with Gasteiger partial charge in [0, 0.05) is 19.7 Å². The van der Waals surface area contributed by atoms with Crippen LogP contribution in [0.1, 0.15) is 84.3 Å². The molecule has 5 heteroatoms. The average molecular weight is 516 g/mol. The van der Waals surface area contributed by atoms with Gasteiger partial charge < -0.3 is 19.3 Å². The third-order valence-corrected chi connectivity index (χ3v) is 6.35. The number of hydrogen-bond donors (Lipinski definition) is 1. The predicted molar refractivity (Wildman–Crippen MR) is 156 cm³/mol. The fraction of sp³-hybridized carbons (Fsp3) is 0.625. The number of nitrogens with zero attached hydrogens (tertiary/aromatic N) is 1. The zero-order valence-corrected chi connectivity index (χ0v) is 24.4. The first-order valence-corrected chi connectivity index (χ1v) is 14.3. The van der Waals surface area contributed by atoms with Gasteiger partial charge in [0.15, 0.2) is 0 Å².